The number of hydrogen-bond acceptors (Lipinski definition) is 2. The predicted molar refractivity (Wildman–Crippen MR) is 63.7 cm³/mol. The Hall–Kier alpha value is -1.01. The third-order valence-corrected chi connectivity index (χ3v) is 3.25. The van der Waals surface area contributed by atoms with Crippen molar-refractivity contribution < 1.29 is 13.6 Å². The Morgan fingerprint density at radius 3 is 2.82 bits per heavy atom. The normalized spacial score (nSPS) is 19.4. The van der Waals surface area contributed by atoms with Crippen LogP contribution in [0.1, 0.15) is 12.8 Å². The molecule has 1 amide bonds. The van der Waals surface area contributed by atoms with Crippen molar-refractivity contribution in [3.63, 3.8) is 0 Å². The highest BCUT2D eigenvalue weighted by Crippen LogP contribution is 2.24. The molecule has 1 saturated heterocycles. The number of halogens is 3. The first kappa shape index (κ1) is 12.4. The van der Waals surface area contributed by atoms with Crippen molar-refractivity contribution in [2.45, 2.75) is 18.9 Å². The molecular weight excluding hydrogens is 294 g/mol. The molecule has 92 valence electrons. The van der Waals surface area contributed by atoms with E-state index in [0.29, 0.717) is 0 Å². The van der Waals surface area contributed by atoms with Gasteiger partial charge in [0.25, 0.3) is 0 Å². The van der Waals surface area contributed by atoms with E-state index in [4.69, 9.17) is 0 Å². The molecule has 6 heteroatoms. The molecule has 1 heterocycles. The van der Waals surface area contributed by atoms with Gasteiger partial charge in [0.15, 0.2) is 0 Å². The lowest BCUT2D eigenvalue weighted by Crippen LogP contribution is -2.35. The van der Waals surface area contributed by atoms with Crippen LogP contribution in [0.3, 0.4) is 0 Å². The third kappa shape index (κ3) is 2.81. The van der Waals surface area contributed by atoms with Gasteiger partial charge < -0.3 is 10.6 Å². The number of benzene rings is 1. The van der Waals surface area contributed by atoms with Crippen LogP contribution >= 0.6 is 15.9 Å². The Balaban J connectivity index is 2.12. The minimum Gasteiger partial charge on any atom is -0.322 e. The van der Waals surface area contributed by atoms with Gasteiger partial charge in [0.2, 0.25) is 5.91 Å². The number of rotatable bonds is 2. The maximum absolute atomic E-state index is 13.4. The summed E-state index contributed by atoms with van der Waals surface area (Å²) in [4.78, 5) is 11.7. The second-order valence-corrected chi connectivity index (χ2v) is 4.74. The molecule has 0 unspecified atom stereocenters. The first-order valence-corrected chi connectivity index (χ1v) is 6.06. The van der Waals surface area contributed by atoms with Gasteiger partial charge in [0.1, 0.15) is 11.6 Å². The van der Waals surface area contributed by atoms with E-state index in [9.17, 15) is 13.6 Å². The van der Waals surface area contributed by atoms with Gasteiger partial charge in [-0.2, -0.15) is 0 Å². The third-order valence-electron chi connectivity index (χ3n) is 2.64. The number of carbonyl (C=O) groups excluding carboxylic acids is 1. The van der Waals surface area contributed by atoms with Crippen molar-refractivity contribution in [3.8, 4) is 0 Å². The Kier molecular flexibility index (Phi) is 3.73. The topological polar surface area (TPSA) is 41.1 Å². The van der Waals surface area contributed by atoms with Gasteiger partial charge in [0.05, 0.1) is 16.2 Å². The van der Waals surface area contributed by atoms with Crippen LogP contribution in [0.5, 0.6) is 0 Å². The average molecular weight is 305 g/mol. The fourth-order valence-electron chi connectivity index (χ4n) is 1.75. The van der Waals surface area contributed by atoms with Crippen LogP contribution < -0.4 is 10.6 Å². The van der Waals surface area contributed by atoms with Crippen molar-refractivity contribution in [1.82, 2.24) is 5.32 Å². The molecule has 2 N–H and O–H groups in total. The molecule has 1 aliphatic heterocycles. The molecule has 1 aromatic carbocycles. The van der Waals surface area contributed by atoms with Gasteiger partial charge in [-0.25, -0.2) is 8.78 Å². The number of hydrogen-bond donors (Lipinski definition) is 2. The molecule has 0 aliphatic carbocycles. The van der Waals surface area contributed by atoms with E-state index in [1.807, 2.05) is 0 Å². The summed E-state index contributed by atoms with van der Waals surface area (Å²) < 4.78 is 26.5. The maximum Gasteiger partial charge on any atom is 0.241 e. The SMILES string of the molecule is O=C(Nc1cc(Br)c(F)cc1F)[C@H]1CCCN1. The van der Waals surface area contributed by atoms with E-state index in [-0.39, 0.29) is 22.1 Å². The van der Waals surface area contributed by atoms with E-state index < -0.39 is 11.6 Å². The lowest BCUT2D eigenvalue weighted by Gasteiger charge is -2.12. The van der Waals surface area contributed by atoms with Gasteiger partial charge in [-0.05, 0) is 41.4 Å². The molecule has 17 heavy (non-hydrogen) atoms. The zero-order chi connectivity index (χ0) is 12.4. The first-order valence-electron chi connectivity index (χ1n) is 5.26. The standard InChI is InChI=1S/C11H11BrF2N2O/c12-6-4-10(8(14)5-7(6)13)16-11(17)9-2-1-3-15-9/h4-5,9,15H,1-3H2,(H,16,17)/t9-/m1/s1. The monoisotopic (exact) mass is 304 g/mol. The summed E-state index contributed by atoms with van der Waals surface area (Å²) in [7, 11) is 0. The summed E-state index contributed by atoms with van der Waals surface area (Å²) in [5.74, 6) is -1.77. The number of anilines is 1. The molecule has 0 aromatic heterocycles. The van der Waals surface area contributed by atoms with E-state index in [2.05, 4.69) is 26.6 Å². The van der Waals surface area contributed by atoms with Gasteiger partial charge in [-0.15, -0.1) is 0 Å². The molecule has 0 bridgehead atoms. The van der Waals surface area contributed by atoms with E-state index in [0.717, 1.165) is 25.5 Å². The van der Waals surface area contributed by atoms with Crippen LogP contribution in [-0.2, 0) is 4.79 Å². The second kappa shape index (κ2) is 5.10. The number of nitrogens with one attached hydrogen (secondary N) is 2. The number of carbonyl (C=O) groups is 1. The highest BCUT2D eigenvalue weighted by Gasteiger charge is 2.23. The van der Waals surface area contributed by atoms with Gasteiger partial charge in [-0.1, -0.05) is 0 Å². The Bertz CT molecular complexity index is 447. The molecule has 1 fully saturated rings. The molecule has 1 aromatic rings. The van der Waals surface area contributed by atoms with Crippen LogP contribution in [0, 0.1) is 11.6 Å². The molecule has 0 radical (unpaired) electrons. The van der Waals surface area contributed by atoms with E-state index in [1.165, 1.54) is 6.07 Å². The van der Waals surface area contributed by atoms with E-state index >= 15 is 0 Å². The van der Waals surface area contributed by atoms with Crippen LogP contribution in [-0.4, -0.2) is 18.5 Å². The van der Waals surface area contributed by atoms with Crippen LogP contribution in [0.15, 0.2) is 16.6 Å². The van der Waals surface area contributed by atoms with Crippen LogP contribution in [0.4, 0.5) is 14.5 Å². The molecule has 2 rings (SSSR count). The Morgan fingerprint density at radius 1 is 1.41 bits per heavy atom. The minimum atomic E-state index is -0.781. The summed E-state index contributed by atoms with van der Waals surface area (Å²) in [6, 6.07) is 1.66. The quantitative estimate of drug-likeness (QED) is 0.824. The van der Waals surface area contributed by atoms with Crippen molar-refractivity contribution in [1.29, 1.82) is 0 Å². The first-order chi connectivity index (χ1) is 8.08. The summed E-state index contributed by atoms with van der Waals surface area (Å²) >= 11 is 2.95. The number of amides is 1. The Morgan fingerprint density at radius 2 is 2.18 bits per heavy atom. The molecule has 1 aliphatic rings. The Labute approximate surface area is 106 Å². The molecule has 0 spiro atoms. The minimum absolute atomic E-state index is 0.0167. The van der Waals surface area contributed by atoms with Gasteiger partial charge in [-0.3, -0.25) is 4.79 Å². The fourth-order valence-corrected chi connectivity index (χ4v) is 2.09. The summed E-state index contributed by atoms with van der Waals surface area (Å²) in [6.45, 7) is 0.785. The second-order valence-electron chi connectivity index (χ2n) is 3.88. The zero-order valence-corrected chi connectivity index (χ0v) is 10.5. The summed E-state index contributed by atoms with van der Waals surface area (Å²) in [5.41, 5.74) is -0.0167. The highest BCUT2D eigenvalue weighted by atomic mass is 79.9. The van der Waals surface area contributed by atoms with Crippen molar-refractivity contribution >= 4 is 27.5 Å². The molecule has 1 atom stereocenters. The highest BCUT2D eigenvalue weighted by molar-refractivity contribution is 9.10. The van der Waals surface area contributed by atoms with Crippen LogP contribution in [0.25, 0.3) is 0 Å². The van der Waals surface area contributed by atoms with Crippen molar-refractivity contribution in [3.05, 3.63) is 28.2 Å². The smallest absolute Gasteiger partial charge is 0.241 e. The van der Waals surface area contributed by atoms with Gasteiger partial charge >= 0.3 is 0 Å². The fraction of sp³-hybridized carbons (Fsp3) is 0.364. The zero-order valence-electron chi connectivity index (χ0n) is 8.90. The van der Waals surface area contributed by atoms with Crippen molar-refractivity contribution in [2.75, 3.05) is 11.9 Å². The molecular formula is C11H11BrF2N2O. The molecule has 3 nitrogen and oxygen atoms in total. The lowest BCUT2D eigenvalue weighted by atomic mass is 10.2. The largest absolute Gasteiger partial charge is 0.322 e. The lowest BCUT2D eigenvalue weighted by molar-refractivity contribution is -0.117. The van der Waals surface area contributed by atoms with Crippen LogP contribution in [0.2, 0.25) is 0 Å². The predicted octanol–water partition coefficient (Wildman–Crippen LogP) is 2.42. The average Bonchev–Trinajstić information content (AvgIpc) is 2.79. The van der Waals surface area contributed by atoms with Crippen molar-refractivity contribution in [2.24, 2.45) is 0 Å². The maximum atomic E-state index is 13.4. The molecule has 0 saturated carbocycles. The summed E-state index contributed by atoms with van der Waals surface area (Å²) in [6.07, 6.45) is 1.66. The van der Waals surface area contributed by atoms with E-state index in [1.54, 1.807) is 0 Å². The van der Waals surface area contributed by atoms with Gasteiger partial charge in [0, 0.05) is 6.07 Å². The summed E-state index contributed by atoms with van der Waals surface area (Å²) in [5, 5.41) is 5.45.